The molecule has 0 bridgehead atoms. The zero-order valence-electron chi connectivity index (χ0n) is 10.9. The highest BCUT2D eigenvalue weighted by atomic mass is 15.3. The van der Waals surface area contributed by atoms with Gasteiger partial charge in [0.15, 0.2) is 0 Å². The van der Waals surface area contributed by atoms with Crippen molar-refractivity contribution in [3.8, 4) is 0 Å². The first-order valence-electron chi connectivity index (χ1n) is 6.64. The zero-order chi connectivity index (χ0) is 12.3. The lowest BCUT2D eigenvalue weighted by Gasteiger charge is -2.19. The molecule has 0 aromatic carbocycles. The van der Waals surface area contributed by atoms with Crippen molar-refractivity contribution in [3.05, 3.63) is 17.5 Å². The second-order valence-corrected chi connectivity index (χ2v) is 5.35. The van der Waals surface area contributed by atoms with Crippen LogP contribution in [0.1, 0.15) is 43.5 Å². The van der Waals surface area contributed by atoms with Gasteiger partial charge in [0.1, 0.15) is 0 Å². The summed E-state index contributed by atoms with van der Waals surface area (Å²) >= 11 is 0. The number of hydrogen-bond donors (Lipinski definition) is 2. The third-order valence-corrected chi connectivity index (χ3v) is 3.88. The minimum absolute atomic E-state index is 0.382. The van der Waals surface area contributed by atoms with Gasteiger partial charge in [-0.15, -0.1) is 0 Å². The van der Waals surface area contributed by atoms with Crippen LogP contribution in [0.2, 0.25) is 0 Å². The SMILES string of the molecule is Cc1cc(CC(CC2CCCC2)NN)n(C)n1. The summed E-state index contributed by atoms with van der Waals surface area (Å²) in [7, 11) is 2.01. The molecule has 4 heteroatoms. The highest BCUT2D eigenvalue weighted by molar-refractivity contribution is 5.10. The number of hydrogen-bond acceptors (Lipinski definition) is 3. The van der Waals surface area contributed by atoms with E-state index in [0.29, 0.717) is 6.04 Å². The van der Waals surface area contributed by atoms with Crippen LogP contribution in [0, 0.1) is 12.8 Å². The van der Waals surface area contributed by atoms with Crippen LogP contribution in [0.5, 0.6) is 0 Å². The van der Waals surface area contributed by atoms with Gasteiger partial charge < -0.3 is 0 Å². The van der Waals surface area contributed by atoms with E-state index in [0.717, 1.165) is 18.0 Å². The topological polar surface area (TPSA) is 55.9 Å². The maximum Gasteiger partial charge on any atom is 0.0596 e. The van der Waals surface area contributed by atoms with Crippen molar-refractivity contribution in [2.24, 2.45) is 18.8 Å². The lowest BCUT2D eigenvalue weighted by atomic mass is 9.96. The largest absolute Gasteiger partial charge is 0.272 e. The molecule has 1 heterocycles. The average Bonchev–Trinajstić information content (AvgIpc) is 2.88. The van der Waals surface area contributed by atoms with E-state index in [-0.39, 0.29) is 0 Å². The van der Waals surface area contributed by atoms with Crippen LogP contribution in [-0.2, 0) is 13.5 Å². The Balaban J connectivity index is 1.92. The fourth-order valence-corrected chi connectivity index (χ4v) is 2.97. The predicted octanol–water partition coefficient (Wildman–Crippen LogP) is 1.68. The molecule has 96 valence electrons. The summed E-state index contributed by atoms with van der Waals surface area (Å²) in [6, 6.07) is 2.53. The van der Waals surface area contributed by atoms with Crippen molar-refractivity contribution < 1.29 is 0 Å². The lowest BCUT2D eigenvalue weighted by Crippen LogP contribution is -2.38. The van der Waals surface area contributed by atoms with Crippen LogP contribution in [0.15, 0.2) is 6.07 Å². The molecule has 0 radical (unpaired) electrons. The number of hydrazine groups is 1. The van der Waals surface area contributed by atoms with Crippen molar-refractivity contribution in [1.82, 2.24) is 15.2 Å². The van der Waals surface area contributed by atoms with Crippen LogP contribution in [-0.4, -0.2) is 15.8 Å². The fraction of sp³-hybridized carbons (Fsp3) is 0.769. The second kappa shape index (κ2) is 5.65. The Bertz CT molecular complexity index is 352. The molecule has 1 aliphatic rings. The maximum absolute atomic E-state index is 5.68. The molecule has 1 aromatic rings. The summed E-state index contributed by atoms with van der Waals surface area (Å²) in [6.07, 6.45) is 7.72. The molecule has 1 aromatic heterocycles. The third kappa shape index (κ3) is 3.30. The first kappa shape index (κ1) is 12.6. The van der Waals surface area contributed by atoms with Crippen LogP contribution in [0.4, 0.5) is 0 Å². The van der Waals surface area contributed by atoms with Crippen molar-refractivity contribution in [2.75, 3.05) is 0 Å². The molecule has 1 saturated carbocycles. The Morgan fingerprint density at radius 3 is 2.76 bits per heavy atom. The molecule has 1 fully saturated rings. The van der Waals surface area contributed by atoms with Gasteiger partial charge in [-0.1, -0.05) is 25.7 Å². The van der Waals surface area contributed by atoms with Crippen molar-refractivity contribution in [1.29, 1.82) is 0 Å². The highest BCUT2D eigenvalue weighted by Gasteiger charge is 2.20. The Labute approximate surface area is 104 Å². The Kier molecular flexibility index (Phi) is 4.18. The van der Waals surface area contributed by atoms with E-state index in [1.54, 1.807) is 0 Å². The molecule has 1 atom stereocenters. The summed E-state index contributed by atoms with van der Waals surface area (Å²) in [4.78, 5) is 0. The van der Waals surface area contributed by atoms with Gasteiger partial charge in [-0.05, 0) is 25.3 Å². The maximum atomic E-state index is 5.68. The lowest BCUT2D eigenvalue weighted by molar-refractivity contribution is 0.384. The van der Waals surface area contributed by atoms with E-state index in [4.69, 9.17) is 5.84 Å². The Morgan fingerprint density at radius 1 is 1.53 bits per heavy atom. The van der Waals surface area contributed by atoms with E-state index in [2.05, 4.69) is 16.6 Å². The van der Waals surface area contributed by atoms with Gasteiger partial charge >= 0.3 is 0 Å². The molecule has 0 saturated heterocycles. The van der Waals surface area contributed by atoms with E-state index < -0.39 is 0 Å². The number of aromatic nitrogens is 2. The summed E-state index contributed by atoms with van der Waals surface area (Å²) in [6.45, 7) is 2.03. The first-order valence-corrected chi connectivity index (χ1v) is 6.64. The normalized spacial score (nSPS) is 18.8. The molecule has 0 amide bonds. The zero-order valence-corrected chi connectivity index (χ0v) is 10.9. The standard InChI is InChI=1S/C13H24N4/c1-10-7-13(17(2)16-10)9-12(15-14)8-11-5-3-4-6-11/h7,11-12,15H,3-6,8-9,14H2,1-2H3. The fourth-order valence-electron chi connectivity index (χ4n) is 2.97. The Morgan fingerprint density at radius 2 is 2.24 bits per heavy atom. The molecule has 2 rings (SSSR count). The Hall–Kier alpha value is -0.870. The van der Waals surface area contributed by atoms with E-state index >= 15 is 0 Å². The third-order valence-electron chi connectivity index (χ3n) is 3.88. The van der Waals surface area contributed by atoms with Crippen molar-refractivity contribution in [3.63, 3.8) is 0 Å². The summed E-state index contributed by atoms with van der Waals surface area (Å²) in [5.41, 5.74) is 5.32. The summed E-state index contributed by atoms with van der Waals surface area (Å²) < 4.78 is 1.97. The summed E-state index contributed by atoms with van der Waals surface area (Å²) in [5.74, 6) is 6.54. The number of aryl methyl sites for hydroxylation is 2. The predicted molar refractivity (Wildman–Crippen MR) is 69.3 cm³/mol. The molecule has 4 nitrogen and oxygen atoms in total. The molecular weight excluding hydrogens is 212 g/mol. The van der Waals surface area contributed by atoms with Crippen LogP contribution in [0.3, 0.4) is 0 Å². The monoisotopic (exact) mass is 236 g/mol. The molecule has 17 heavy (non-hydrogen) atoms. The van der Waals surface area contributed by atoms with E-state index in [1.807, 2.05) is 18.7 Å². The highest BCUT2D eigenvalue weighted by Crippen LogP contribution is 2.29. The minimum atomic E-state index is 0.382. The number of nitrogens with two attached hydrogens (primary N) is 1. The van der Waals surface area contributed by atoms with Gasteiger partial charge in [0.2, 0.25) is 0 Å². The van der Waals surface area contributed by atoms with Gasteiger partial charge in [0.25, 0.3) is 0 Å². The van der Waals surface area contributed by atoms with Crippen LogP contribution in [0.25, 0.3) is 0 Å². The molecule has 1 unspecified atom stereocenters. The summed E-state index contributed by atoms with van der Waals surface area (Å²) in [5, 5.41) is 4.38. The second-order valence-electron chi connectivity index (χ2n) is 5.35. The molecule has 3 N–H and O–H groups in total. The number of nitrogens with zero attached hydrogens (tertiary/aromatic N) is 2. The smallest absolute Gasteiger partial charge is 0.0596 e. The van der Waals surface area contributed by atoms with Gasteiger partial charge in [-0.25, -0.2) is 0 Å². The number of nitrogens with one attached hydrogen (secondary N) is 1. The van der Waals surface area contributed by atoms with E-state index in [9.17, 15) is 0 Å². The van der Waals surface area contributed by atoms with Crippen LogP contribution < -0.4 is 11.3 Å². The van der Waals surface area contributed by atoms with Gasteiger partial charge in [-0.2, -0.15) is 5.10 Å². The molecule has 1 aliphatic carbocycles. The molecular formula is C13H24N4. The quantitative estimate of drug-likeness (QED) is 0.604. The van der Waals surface area contributed by atoms with Gasteiger partial charge in [0.05, 0.1) is 5.69 Å². The first-order chi connectivity index (χ1) is 8.19. The van der Waals surface area contributed by atoms with Crippen molar-refractivity contribution in [2.45, 2.75) is 51.5 Å². The number of rotatable bonds is 5. The van der Waals surface area contributed by atoms with Gasteiger partial charge in [-0.3, -0.25) is 16.0 Å². The minimum Gasteiger partial charge on any atom is -0.272 e. The van der Waals surface area contributed by atoms with Gasteiger partial charge in [0, 0.05) is 25.2 Å². The average molecular weight is 236 g/mol. The van der Waals surface area contributed by atoms with Crippen molar-refractivity contribution >= 4 is 0 Å². The molecule has 0 aliphatic heterocycles. The molecule has 0 spiro atoms. The van der Waals surface area contributed by atoms with E-state index in [1.165, 1.54) is 37.8 Å². The van der Waals surface area contributed by atoms with Crippen LogP contribution >= 0.6 is 0 Å².